The van der Waals surface area contributed by atoms with E-state index in [2.05, 4.69) is 5.32 Å². The third-order valence-electron chi connectivity index (χ3n) is 1.80. The number of carbonyl (C=O) groups is 1. The van der Waals surface area contributed by atoms with Crippen molar-refractivity contribution in [3.63, 3.8) is 0 Å². The summed E-state index contributed by atoms with van der Waals surface area (Å²) in [5.41, 5.74) is -0.452. The minimum atomic E-state index is -0.452. The highest BCUT2D eigenvalue weighted by molar-refractivity contribution is 5.76. The van der Waals surface area contributed by atoms with E-state index in [-0.39, 0.29) is 12.0 Å². The van der Waals surface area contributed by atoms with Gasteiger partial charge in [-0.15, -0.1) is 0 Å². The molecule has 0 aromatic rings. The molecular formula is C9H17NO3. The van der Waals surface area contributed by atoms with Crippen LogP contribution in [-0.2, 0) is 9.53 Å². The Hall–Kier alpha value is -0.610. The summed E-state index contributed by atoms with van der Waals surface area (Å²) in [5, 5.41) is 12.1. The molecule has 1 aliphatic heterocycles. The summed E-state index contributed by atoms with van der Waals surface area (Å²) >= 11 is 0. The van der Waals surface area contributed by atoms with E-state index in [0.29, 0.717) is 13.0 Å². The van der Waals surface area contributed by atoms with Crippen LogP contribution in [0.2, 0.25) is 0 Å². The van der Waals surface area contributed by atoms with Crippen molar-refractivity contribution in [3.8, 4) is 0 Å². The average molecular weight is 187 g/mol. The second-order valence-corrected chi connectivity index (χ2v) is 4.38. The summed E-state index contributed by atoms with van der Waals surface area (Å²) in [7, 11) is 0. The predicted molar refractivity (Wildman–Crippen MR) is 48.3 cm³/mol. The van der Waals surface area contributed by atoms with Gasteiger partial charge < -0.3 is 15.2 Å². The first-order valence-corrected chi connectivity index (χ1v) is 4.53. The second-order valence-electron chi connectivity index (χ2n) is 4.38. The number of hydrogen-bond acceptors (Lipinski definition) is 4. The van der Waals surface area contributed by atoms with Crippen LogP contribution in [0.1, 0.15) is 27.2 Å². The molecule has 1 aliphatic rings. The van der Waals surface area contributed by atoms with E-state index in [0.717, 1.165) is 0 Å². The summed E-state index contributed by atoms with van der Waals surface area (Å²) in [6.45, 7) is 5.97. The van der Waals surface area contributed by atoms with Crippen molar-refractivity contribution in [1.29, 1.82) is 0 Å². The first kappa shape index (κ1) is 10.5. The van der Waals surface area contributed by atoms with Crippen molar-refractivity contribution in [2.75, 3.05) is 6.54 Å². The molecule has 0 bridgehead atoms. The number of nitrogens with one attached hydrogen (secondary N) is 1. The molecule has 0 aliphatic carbocycles. The SMILES string of the molecule is CC(C)(C)OC(=O)[C@@H]1CC(O)CN1. The maximum atomic E-state index is 11.4. The van der Waals surface area contributed by atoms with Gasteiger partial charge in [0.1, 0.15) is 11.6 Å². The highest BCUT2D eigenvalue weighted by Gasteiger charge is 2.31. The normalized spacial score (nSPS) is 28.9. The number of rotatable bonds is 1. The lowest BCUT2D eigenvalue weighted by Gasteiger charge is -2.21. The molecule has 1 heterocycles. The Kier molecular flexibility index (Phi) is 2.93. The molecule has 0 spiro atoms. The molecule has 4 heteroatoms. The van der Waals surface area contributed by atoms with E-state index in [1.165, 1.54) is 0 Å². The number of ether oxygens (including phenoxy) is 1. The van der Waals surface area contributed by atoms with Crippen molar-refractivity contribution in [1.82, 2.24) is 5.32 Å². The van der Waals surface area contributed by atoms with Crippen LogP contribution in [0.4, 0.5) is 0 Å². The second kappa shape index (κ2) is 3.64. The highest BCUT2D eigenvalue weighted by Crippen LogP contribution is 2.13. The Labute approximate surface area is 78.3 Å². The molecule has 0 saturated carbocycles. The number of aliphatic hydroxyl groups is 1. The first-order chi connectivity index (χ1) is 5.88. The molecule has 4 nitrogen and oxygen atoms in total. The quantitative estimate of drug-likeness (QED) is 0.569. The molecule has 2 atom stereocenters. The Morgan fingerprint density at radius 2 is 2.15 bits per heavy atom. The van der Waals surface area contributed by atoms with Crippen LogP contribution in [0.3, 0.4) is 0 Å². The van der Waals surface area contributed by atoms with Gasteiger partial charge in [-0.1, -0.05) is 0 Å². The molecule has 76 valence electrons. The molecule has 1 unspecified atom stereocenters. The van der Waals surface area contributed by atoms with Gasteiger partial charge in [0.05, 0.1) is 6.10 Å². The van der Waals surface area contributed by atoms with E-state index in [1.807, 2.05) is 20.8 Å². The van der Waals surface area contributed by atoms with Gasteiger partial charge in [0.15, 0.2) is 0 Å². The Morgan fingerprint density at radius 3 is 2.54 bits per heavy atom. The van der Waals surface area contributed by atoms with Crippen molar-refractivity contribution < 1.29 is 14.6 Å². The van der Waals surface area contributed by atoms with Crippen LogP contribution < -0.4 is 5.32 Å². The zero-order valence-electron chi connectivity index (χ0n) is 8.33. The predicted octanol–water partition coefficient (Wildman–Crippen LogP) is 0.0509. The highest BCUT2D eigenvalue weighted by atomic mass is 16.6. The number of carbonyl (C=O) groups excluding carboxylic acids is 1. The number of hydrogen-bond donors (Lipinski definition) is 2. The van der Waals surface area contributed by atoms with Crippen LogP contribution in [0.15, 0.2) is 0 Å². The molecular weight excluding hydrogens is 170 g/mol. The van der Waals surface area contributed by atoms with Gasteiger partial charge in [0.2, 0.25) is 0 Å². The van der Waals surface area contributed by atoms with Gasteiger partial charge in [0, 0.05) is 13.0 Å². The fourth-order valence-corrected chi connectivity index (χ4v) is 1.27. The summed E-state index contributed by atoms with van der Waals surface area (Å²) in [6.07, 6.45) is 0.0343. The monoisotopic (exact) mass is 187 g/mol. The van der Waals surface area contributed by atoms with Gasteiger partial charge >= 0.3 is 5.97 Å². The van der Waals surface area contributed by atoms with Crippen molar-refractivity contribution in [2.45, 2.75) is 44.9 Å². The van der Waals surface area contributed by atoms with Gasteiger partial charge in [-0.25, -0.2) is 0 Å². The summed E-state index contributed by atoms with van der Waals surface area (Å²) in [6, 6.07) is -0.339. The van der Waals surface area contributed by atoms with Gasteiger partial charge in [0.25, 0.3) is 0 Å². The van der Waals surface area contributed by atoms with Crippen molar-refractivity contribution >= 4 is 5.97 Å². The molecule has 1 fully saturated rings. The number of aliphatic hydroxyl groups excluding tert-OH is 1. The smallest absolute Gasteiger partial charge is 0.323 e. The van der Waals surface area contributed by atoms with Crippen LogP contribution in [-0.4, -0.2) is 35.4 Å². The number of β-amino-alcohol motifs (C(OH)–C–C–N with tert-alkyl or cyclic N) is 1. The third-order valence-corrected chi connectivity index (χ3v) is 1.80. The van der Waals surface area contributed by atoms with Gasteiger partial charge in [-0.05, 0) is 20.8 Å². The average Bonchev–Trinajstić information content (AvgIpc) is 2.31. The molecule has 0 aromatic carbocycles. The zero-order chi connectivity index (χ0) is 10.1. The lowest BCUT2D eigenvalue weighted by molar-refractivity contribution is -0.157. The Morgan fingerprint density at radius 1 is 1.54 bits per heavy atom. The summed E-state index contributed by atoms with van der Waals surface area (Å²) < 4.78 is 5.16. The van der Waals surface area contributed by atoms with Crippen LogP contribution in [0, 0.1) is 0 Å². The van der Waals surface area contributed by atoms with Crippen molar-refractivity contribution in [3.05, 3.63) is 0 Å². The maximum absolute atomic E-state index is 11.4. The largest absolute Gasteiger partial charge is 0.459 e. The van der Waals surface area contributed by atoms with E-state index >= 15 is 0 Å². The minimum absolute atomic E-state index is 0.274. The molecule has 13 heavy (non-hydrogen) atoms. The van der Waals surface area contributed by atoms with Crippen LogP contribution >= 0.6 is 0 Å². The van der Waals surface area contributed by atoms with E-state index in [9.17, 15) is 9.90 Å². The summed E-state index contributed by atoms with van der Waals surface area (Å²) in [4.78, 5) is 11.4. The first-order valence-electron chi connectivity index (χ1n) is 4.53. The lowest BCUT2D eigenvalue weighted by atomic mass is 10.1. The lowest BCUT2D eigenvalue weighted by Crippen LogP contribution is -2.37. The third kappa shape index (κ3) is 3.32. The van der Waals surface area contributed by atoms with Crippen LogP contribution in [0.25, 0.3) is 0 Å². The molecule has 0 aromatic heterocycles. The fourth-order valence-electron chi connectivity index (χ4n) is 1.27. The number of esters is 1. The van der Waals surface area contributed by atoms with Crippen LogP contribution in [0.5, 0.6) is 0 Å². The van der Waals surface area contributed by atoms with E-state index in [4.69, 9.17) is 4.74 Å². The molecule has 1 saturated heterocycles. The standard InChI is InChI=1S/C9H17NO3/c1-9(2,3)13-8(12)7-4-6(11)5-10-7/h6-7,10-11H,4-5H2,1-3H3/t6?,7-/m0/s1. The van der Waals surface area contributed by atoms with Gasteiger partial charge in [-0.3, -0.25) is 4.79 Å². The Bertz CT molecular complexity index is 198. The van der Waals surface area contributed by atoms with Crippen molar-refractivity contribution in [2.24, 2.45) is 0 Å². The van der Waals surface area contributed by atoms with Gasteiger partial charge in [-0.2, -0.15) is 0 Å². The van der Waals surface area contributed by atoms with E-state index in [1.54, 1.807) is 0 Å². The maximum Gasteiger partial charge on any atom is 0.323 e. The molecule has 1 rings (SSSR count). The minimum Gasteiger partial charge on any atom is -0.459 e. The molecule has 0 amide bonds. The summed E-state index contributed by atoms with van der Waals surface area (Å²) in [5.74, 6) is -0.274. The Balaban J connectivity index is 2.41. The van der Waals surface area contributed by atoms with E-state index < -0.39 is 11.7 Å². The zero-order valence-corrected chi connectivity index (χ0v) is 8.33. The fraction of sp³-hybridized carbons (Fsp3) is 0.889. The molecule has 0 radical (unpaired) electrons. The topological polar surface area (TPSA) is 58.6 Å². The molecule has 2 N–H and O–H groups in total.